The molecular weight excluding hydrogens is 498 g/mol. The first-order chi connectivity index (χ1) is 15.0. The maximum Gasteiger partial charge on any atom is 0.376 e. The van der Waals surface area contributed by atoms with Gasteiger partial charge in [0.1, 0.15) is 18.8 Å². The Morgan fingerprint density at radius 1 is 0.938 bits per heavy atom. The van der Waals surface area contributed by atoms with Crippen LogP contribution >= 0.6 is 15.9 Å². The molecule has 0 radical (unpaired) electrons. The molecule has 1 aliphatic rings. The van der Waals surface area contributed by atoms with Gasteiger partial charge < -0.3 is 33.4 Å². The van der Waals surface area contributed by atoms with Crippen molar-refractivity contribution in [2.24, 2.45) is 0 Å². The average Bonchev–Trinajstić information content (AvgIpc) is 3.10. The normalized spacial score (nSPS) is 24.7. The average molecular weight is 520 g/mol. The number of halogens is 1. The Kier molecular flexibility index (Phi) is 8.78. The van der Waals surface area contributed by atoms with E-state index in [0.29, 0.717) is 0 Å². The Balaban J connectivity index is 2.42. The molecule has 5 atom stereocenters. The number of esters is 4. The molecule has 1 aromatic rings. The molecular formula is C19H22BrNO11. The number of hydrogen-bond donors (Lipinski definition) is 1. The van der Waals surface area contributed by atoms with Crippen molar-refractivity contribution in [2.45, 2.75) is 58.3 Å². The van der Waals surface area contributed by atoms with Gasteiger partial charge in [-0.25, -0.2) is 4.79 Å². The first kappa shape index (κ1) is 25.3. The van der Waals surface area contributed by atoms with Crippen molar-refractivity contribution < 1.29 is 52.1 Å². The van der Waals surface area contributed by atoms with Gasteiger partial charge in [0.25, 0.3) is 0 Å². The summed E-state index contributed by atoms with van der Waals surface area (Å²) in [6, 6.07) is 1.53. The quantitative estimate of drug-likeness (QED) is 0.402. The molecule has 0 spiro atoms. The Bertz CT molecular complexity index is 882. The summed E-state index contributed by atoms with van der Waals surface area (Å²) in [6.07, 6.45) is -5.35. The van der Waals surface area contributed by atoms with Crippen molar-refractivity contribution in [3.8, 4) is 0 Å². The molecule has 1 aliphatic heterocycles. The molecule has 0 unspecified atom stereocenters. The molecule has 1 amide bonds. The van der Waals surface area contributed by atoms with Gasteiger partial charge in [0.05, 0.1) is 0 Å². The van der Waals surface area contributed by atoms with Gasteiger partial charge in [0.15, 0.2) is 16.9 Å². The highest BCUT2D eigenvalue weighted by molar-refractivity contribution is 9.10. The Morgan fingerprint density at radius 3 is 2.06 bits per heavy atom. The predicted octanol–water partition coefficient (Wildman–Crippen LogP) is 0.855. The van der Waals surface area contributed by atoms with Crippen LogP contribution in [-0.2, 0) is 42.9 Å². The molecule has 0 saturated carbocycles. The predicted molar refractivity (Wildman–Crippen MR) is 106 cm³/mol. The molecule has 1 N–H and O–H groups in total. The van der Waals surface area contributed by atoms with E-state index in [2.05, 4.69) is 21.2 Å². The largest absolute Gasteiger partial charge is 0.463 e. The summed E-state index contributed by atoms with van der Waals surface area (Å²) < 4.78 is 32.0. The lowest BCUT2D eigenvalue weighted by Crippen LogP contribution is -2.66. The van der Waals surface area contributed by atoms with Gasteiger partial charge in [-0.1, -0.05) is 0 Å². The Hall–Kier alpha value is -2.93. The Labute approximate surface area is 190 Å². The first-order valence-electron chi connectivity index (χ1n) is 9.34. The minimum Gasteiger partial charge on any atom is -0.463 e. The maximum atomic E-state index is 12.5. The minimum absolute atomic E-state index is 0.176. The van der Waals surface area contributed by atoms with Gasteiger partial charge in [0, 0.05) is 27.7 Å². The second-order valence-electron chi connectivity index (χ2n) is 6.73. The highest BCUT2D eigenvalue weighted by Crippen LogP contribution is 2.29. The van der Waals surface area contributed by atoms with E-state index < -0.39 is 67.0 Å². The van der Waals surface area contributed by atoms with E-state index in [9.17, 15) is 24.0 Å². The molecule has 0 aliphatic carbocycles. The van der Waals surface area contributed by atoms with Gasteiger partial charge in [-0.05, 0) is 28.1 Å². The van der Waals surface area contributed by atoms with Gasteiger partial charge in [-0.3, -0.25) is 19.2 Å². The number of carbonyl (C=O) groups is 5. The van der Waals surface area contributed by atoms with Gasteiger partial charge in [-0.15, -0.1) is 0 Å². The van der Waals surface area contributed by atoms with E-state index in [0.717, 1.165) is 20.8 Å². The molecule has 13 heteroatoms. The lowest BCUT2D eigenvalue weighted by molar-refractivity contribution is -0.264. The van der Waals surface area contributed by atoms with Crippen molar-refractivity contribution in [1.82, 2.24) is 5.32 Å². The number of carbonyl (C=O) groups excluding carboxylic acids is 5. The van der Waals surface area contributed by atoms with E-state index in [1.807, 2.05) is 0 Å². The molecule has 2 rings (SSSR count). The van der Waals surface area contributed by atoms with Crippen LogP contribution in [0.1, 0.15) is 38.2 Å². The molecule has 176 valence electrons. The summed E-state index contributed by atoms with van der Waals surface area (Å²) in [5.41, 5.74) is 0. The van der Waals surface area contributed by atoms with Crippen LogP contribution in [0.2, 0.25) is 0 Å². The fraction of sp³-hybridized carbons (Fsp3) is 0.526. The Morgan fingerprint density at radius 2 is 1.56 bits per heavy atom. The van der Waals surface area contributed by atoms with Crippen molar-refractivity contribution in [3.63, 3.8) is 0 Å². The van der Waals surface area contributed by atoms with E-state index in [1.54, 1.807) is 0 Å². The lowest BCUT2D eigenvalue weighted by Gasteiger charge is -2.44. The fourth-order valence-electron chi connectivity index (χ4n) is 2.98. The van der Waals surface area contributed by atoms with Crippen LogP contribution in [0.15, 0.2) is 21.2 Å². The monoisotopic (exact) mass is 519 g/mol. The summed E-state index contributed by atoms with van der Waals surface area (Å²) >= 11 is 3.06. The van der Waals surface area contributed by atoms with Crippen molar-refractivity contribution in [1.29, 1.82) is 0 Å². The summed E-state index contributed by atoms with van der Waals surface area (Å²) in [4.78, 5) is 59.1. The van der Waals surface area contributed by atoms with E-state index in [1.165, 1.54) is 19.1 Å². The molecule has 1 saturated heterocycles. The zero-order valence-electron chi connectivity index (χ0n) is 17.6. The fourth-order valence-corrected chi connectivity index (χ4v) is 3.29. The van der Waals surface area contributed by atoms with Crippen LogP contribution in [0.4, 0.5) is 0 Å². The number of rotatable bonds is 7. The molecule has 1 aromatic heterocycles. The second-order valence-corrected chi connectivity index (χ2v) is 7.51. The second kappa shape index (κ2) is 11.1. The van der Waals surface area contributed by atoms with E-state index in [-0.39, 0.29) is 10.4 Å². The third kappa shape index (κ3) is 7.05. The van der Waals surface area contributed by atoms with Gasteiger partial charge >= 0.3 is 23.9 Å². The van der Waals surface area contributed by atoms with E-state index in [4.69, 9.17) is 28.1 Å². The molecule has 12 nitrogen and oxygen atoms in total. The number of ether oxygens (including phenoxy) is 5. The number of amides is 1. The van der Waals surface area contributed by atoms with Crippen LogP contribution < -0.4 is 5.32 Å². The third-order valence-corrected chi connectivity index (χ3v) is 4.49. The van der Waals surface area contributed by atoms with Gasteiger partial charge in [-0.2, -0.15) is 0 Å². The van der Waals surface area contributed by atoms with Crippen LogP contribution in [0.25, 0.3) is 0 Å². The van der Waals surface area contributed by atoms with Crippen LogP contribution in [0.3, 0.4) is 0 Å². The topological polar surface area (TPSA) is 157 Å². The number of furan rings is 1. The number of hydrogen-bond acceptors (Lipinski definition) is 11. The third-order valence-electron chi connectivity index (χ3n) is 4.07. The SMILES string of the molecule is CC(=O)N[C@H]1[C@H](OC(=O)c2ccc(Br)o2)O[C@@H](COC(C)=O)[C@@H](OC(C)=O)[C@@H]1OC(C)=O. The molecule has 1 fully saturated rings. The van der Waals surface area contributed by atoms with Crippen LogP contribution in [0, 0.1) is 0 Å². The smallest absolute Gasteiger partial charge is 0.376 e. The maximum absolute atomic E-state index is 12.5. The zero-order valence-corrected chi connectivity index (χ0v) is 19.2. The van der Waals surface area contributed by atoms with Crippen molar-refractivity contribution in [3.05, 3.63) is 22.6 Å². The summed E-state index contributed by atoms with van der Waals surface area (Å²) in [6.45, 7) is 4.13. The summed E-state index contributed by atoms with van der Waals surface area (Å²) in [7, 11) is 0. The minimum atomic E-state index is -1.52. The van der Waals surface area contributed by atoms with E-state index >= 15 is 0 Å². The molecule has 0 bridgehead atoms. The summed E-state index contributed by atoms with van der Waals surface area (Å²) in [5, 5.41) is 2.48. The molecule has 0 aromatic carbocycles. The molecule has 2 heterocycles. The standard InChI is InChI=1S/C19H22BrNO11/c1-8(22)21-15-17(29-11(4)25)16(28-10(3)24)13(7-27-9(2)23)31-19(15)32-18(26)12-5-6-14(20)30-12/h5-6,13,15-17,19H,7H2,1-4H3,(H,21,22)/t13-,15+,16+,17+,19-/m0/s1. The van der Waals surface area contributed by atoms with Crippen molar-refractivity contribution >= 4 is 45.7 Å². The molecule has 32 heavy (non-hydrogen) atoms. The first-order valence-corrected chi connectivity index (χ1v) is 10.1. The van der Waals surface area contributed by atoms with Crippen LogP contribution in [-0.4, -0.2) is 67.0 Å². The summed E-state index contributed by atoms with van der Waals surface area (Å²) in [5.74, 6) is -3.87. The number of nitrogens with one attached hydrogen (secondary N) is 1. The highest BCUT2D eigenvalue weighted by Gasteiger charge is 2.52. The van der Waals surface area contributed by atoms with Crippen LogP contribution in [0.5, 0.6) is 0 Å². The lowest BCUT2D eigenvalue weighted by atomic mass is 9.96. The van der Waals surface area contributed by atoms with Crippen molar-refractivity contribution in [2.75, 3.05) is 6.61 Å². The zero-order chi connectivity index (χ0) is 24.0. The highest BCUT2D eigenvalue weighted by atomic mass is 79.9. The van der Waals surface area contributed by atoms with Gasteiger partial charge in [0.2, 0.25) is 18.0 Å².